The lowest BCUT2D eigenvalue weighted by molar-refractivity contribution is -0.150. The first-order valence-electron chi connectivity index (χ1n) is 10.3. The lowest BCUT2D eigenvalue weighted by Crippen LogP contribution is -2.25. The van der Waals surface area contributed by atoms with Gasteiger partial charge in [0.1, 0.15) is 5.52 Å². The first-order chi connectivity index (χ1) is 15.7. The molecule has 1 aliphatic carbocycles. The predicted molar refractivity (Wildman–Crippen MR) is 114 cm³/mol. The second-order valence-electron chi connectivity index (χ2n) is 8.03. The molecule has 8 nitrogen and oxygen atoms in total. The zero-order chi connectivity index (χ0) is 23.2. The first-order valence-corrected chi connectivity index (χ1v) is 12.0. The third kappa shape index (κ3) is 4.34. The van der Waals surface area contributed by atoms with Crippen molar-refractivity contribution >= 4 is 21.0 Å². The minimum Gasteiger partial charge on any atom is -0.329 e. The van der Waals surface area contributed by atoms with Crippen LogP contribution in [0.3, 0.4) is 0 Å². The third-order valence-corrected chi connectivity index (χ3v) is 8.03. The highest BCUT2D eigenvalue weighted by atomic mass is 32.2. The van der Waals surface area contributed by atoms with Crippen LogP contribution in [0.15, 0.2) is 49.3 Å². The van der Waals surface area contributed by atoms with Crippen LogP contribution in [0.25, 0.3) is 28.1 Å². The van der Waals surface area contributed by atoms with E-state index in [0.717, 1.165) is 17.3 Å². The van der Waals surface area contributed by atoms with E-state index in [4.69, 9.17) is 0 Å². The van der Waals surface area contributed by atoms with Crippen molar-refractivity contribution in [1.82, 2.24) is 29.7 Å². The maximum absolute atomic E-state index is 13.7. The van der Waals surface area contributed by atoms with Crippen molar-refractivity contribution in [3.8, 4) is 16.9 Å². The summed E-state index contributed by atoms with van der Waals surface area (Å²) in [5.74, 6) is -2.05. The van der Waals surface area contributed by atoms with Crippen LogP contribution in [-0.4, -0.2) is 55.3 Å². The van der Waals surface area contributed by atoms with Crippen LogP contribution in [0.4, 0.5) is 13.2 Å². The molecule has 0 radical (unpaired) electrons. The molecular formula is C21H19F3N6O2S. The summed E-state index contributed by atoms with van der Waals surface area (Å²) in [5, 5.41) is 3.78. The fourth-order valence-corrected chi connectivity index (χ4v) is 5.55. The Morgan fingerprint density at radius 1 is 1.12 bits per heavy atom. The number of rotatable bonds is 7. The van der Waals surface area contributed by atoms with E-state index in [1.807, 2.05) is 0 Å². The van der Waals surface area contributed by atoms with E-state index in [-0.39, 0.29) is 5.56 Å². The molecule has 1 N–H and O–H groups in total. The van der Waals surface area contributed by atoms with Gasteiger partial charge in [-0.05, 0) is 37.0 Å². The average molecular weight is 476 g/mol. The molecule has 5 rings (SSSR count). The summed E-state index contributed by atoms with van der Waals surface area (Å²) in [4.78, 5) is 15.5. The average Bonchev–Trinajstić information content (AvgIpc) is 3.34. The molecule has 172 valence electrons. The van der Waals surface area contributed by atoms with Gasteiger partial charge in [-0.3, -0.25) is 0 Å². The molecule has 4 heterocycles. The van der Waals surface area contributed by atoms with Gasteiger partial charge in [-0.1, -0.05) is 6.07 Å². The fraction of sp³-hybridized carbons (Fsp3) is 0.333. The molecule has 33 heavy (non-hydrogen) atoms. The number of imidazole rings is 1. The number of pyridine rings is 2. The molecule has 1 unspecified atom stereocenters. The van der Waals surface area contributed by atoms with Crippen molar-refractivity contribution in [2.45, 2.75) is 36.6 Å². The van der Waals surface area contributed by atoms with Gasteiger partial charge >= 0.3 is 6.18 Å². The van der Waals surface area contributed by atoms with E-state index in [0.29, 0.717) is 29.8 Å². The number of hydrogen-bond donors (Lipinski definition) is 1. The number of halogens is 3. The number of aromatic nitrogens is 6. The Balaban J connectivity index is 1.38. The van der Waals surface area contributed by atoms with E-state index in [1.54, 1.807) is 31.0 Å². The SMILES string of the molecule is O=S(=O)(CCC(c1ccc(-n2cc(-c3ccnc4[nH]cnc34)cn2)nc1)C(F)(F)F)C1CC1. The van der Waals surface area contributed by atoms with E-state index < -0.39 is 39.4 Å². The number of alkyl halides is 3. The molecule has 1 saturated carbocycles. The Labute approximate surface area is 186 Å². The molecule has 0 amide bonds. The third-order valence-electron chi connectivity index (χ3n) is 5.74. The highest BCUT2D eigenvalue weighted by Gasteiger charge is 2.43. The highest BCUT2D eigenvalue weighted by Crippen LogP contribution is 2.39. The van der Waals surface area contributed by atoms with Crippen LogP contribution in [0.2, 0.25) is 0 Å². The van der Waals surface area contributed by atoms with Gasteiger partial charge < -0.3 is 4.98 Å². The number of hydrogen-bond acceptors (Lipinski definition) is 6. The number of nitrogens with zero attached hydrogens (tertiary/aromatic N) is 5. The van der Waals surface area contributed by atoms with Crippen LogP contribution in [0.1, 0.15) is 30.7 Å². The van der Waals surface area contributed by atoms with Gasteiger partial charge in [0.2, 0.25) is 0 Å². The molecule has 0 bridgehead atoms. The second-order valence-corrected chi connectivity index (χ2v) is 10.4. The van der Waals surface area contributed by atoms with Gasteiger partial charge in [-0.15, -0.1) is 0 Å². The normalized spacial score (nSPS) is 15.7. The van der Waals surface area contributed by atoms with E-state index in [9.17, 15) is 21.6 Å². The number of H-pyrrole nitrogens is 1. The Hall–Kier alpha value is -3.28. The van der Waals surface area contributed by atoms with Crippen molar-refractivity contribution in [2.24, 2.45) is 0 Å². The van der Waals surface area contributed by atoms with Crippen LogP contribution in [0, 0.1) is 0 Å². The maximum Gasteiger partial charge on any atom is 0.395 e. The zero-order valence-electron chi connectivity index (χ0n) is 17.2. The zero-order valence-corrected chi connectivity index (χ0v) is 18.0. The van der Waals surface area contributed by atoms with Crippen molar-refractivity contribution < 1.29 is 21.6 Å². The number of fused-ring (bicyclic) bond motifs is 1. The summed E-state index contributed by atoms with van der Waals surface area (Å²) in [6, 6.07) is 4.56. The summed E-state index contributed by atoms with van der Waals surface area (Å²) in [6.45, 7) is 0. The minimum absolute atomic E-state index is 0.0722. The van der Waals surface area contributed by atoms with Gasteiger partial charge in [0.25, 0.3) is 0 Å². The van der Waals surface area contributed by atoms with Crippen molar-refractivity contribution in [1.29, 1.82) is 0 Å². The standard InChI is InChI=1S/C21H19F3N6O2S/c22-21(23,24)17(6-8-33(31,32)15-2-3-15)13-1-4-18(26-9-13)30-11-14(10-29-30)16-5-7-25-20-19(16)27-12-28-20/h1,4-5,7,9-12,15,17H,2-3,6,8H2,(H,25,27,28). The lowest BCUT2D eigenvalue weighted by Gasteiger charge is -2.20. The van der Waals surface area contributed by atoms with Crippen LogP contribution in [0.5, 0.6) is 0 Å². The summed E-state index contributed by atoms with van der Waals surface area (Å²) in [5.41, 5.74) is 2.79. The molecule has 1 atom stereocenters. The summed E-state index contributed by atoms with van der Waals surface area (Å²) >= 11 is 0. The highest BCUT2D eigenvalue weighted by molar-refractivity contribution is 7.92. The molecular weight excluding hydrogens is 457 g/mol. The monoisotopic (exact) mass is 476 g/mol. The molecule has 0 aromatic carbocycles. The molecule has 12 heteroatoms. The van der Waals surface area contributed by atoms with E-state index in [1.165, 1.54) is 16.8 Å². The van der Waals surface area contributed by atoms with Crippen molar-refractivity contribution in [2.75, 3.05) is 5.75 Å². The van der Waals surface area contributed by atoms with Crippen molar-refractivity contribution in [3.63, 3.8) is 0 Å². The largest absolute Gasteiger partial charge is 0.395 e. The van der Waals surface area contributed by atoms with Crippen LogP contribution < -0.4 is 0 Å². The second kappa shape index (κ2) is 7.94. The fourth-order valence-electron chi connectivity index (χ4n) is 3.80. The first kappa shape index (κ1) is 21.6. The Kier molecular flexibility index (Phi) is 5.19. The summed E-state index contributed by atoms with van der Waals surface area (Å²) < 4.78 is 66.6. The number of nitrogens with one attached hydrogen (secondary N) is 1. The van der Waals surface area contributed by atoms with Crippen LogP contribution in [-0.2, 0) is 9.84 Å². The topological polar surface area (TPSA) is 106 Å². The van der Waals surface area contributed by atoms with Gasteiger partial charge in [-0.25, -0.2) is 28.1 Å². The number of sulfone groups is 1. The van der Waals surface area contributed by atoms with Gasteiger partial charge in [0, 0.05) is 29.7 Å². The van der Waals surface area contributed by atoms with E-state index in [2.05, 4.69) is 25.0 Å². The lowest BCUT2D eigenvalue weighted by atomic mass is 9.97. The van der Waals surface area contributed by atoms with Gasteiger partial charge in [0.05, 0.1) is 29.4 Å². The molecule has 1 aliphatic rings. The molecule has 4 aromatic rings. The van der Waals surface area contributed by atoms with Crippen LogP contribution >= 0.6 is 0 Å². The van der Waals surface area contributed by atoms with E-state index >= 15 is 0 Å². The summed E-state index contributed by atoms with van der Waals surface area (Å²) in [7, 11) is -3.48. The Morgan fingerprint density at radius 3 is 2.64 bits per heavy atom. The maximum atomic E-state index is 13.7. The smallest absolute Gasteiger partial charge is 0.329 e. The molecule has 1 fully saturated rings. The van der Waals surface area contributed by atoms with Gasteiger partial charge in [-0.2, -0.15) is 18.3 Å². The van der Waals surface area contributed by atoms with Crippen molar-refractivity contribution in [3.05, 3.63) is 54.9 Å². The molecule has 0 saturated heterocycles. The molecule has 0 spiro atoms. The summed E-state index contributed by atoms with van der Waals surface area (Å²) in [6.07, 6.45) is 3.61. The molecule has 0 aliphatic heterocycles. The Morgan fingerprint density at radius 2 is 1.94 bits per heavy atom. The predicted octanol–water partition coefficient (Wildman–Crippen LogP) is 3.82. The minimum atomic E-state index is -4.57. The Bertz CT molecular complexity index is 1390. The number of aromatic amines is 1. The molecule has 4 aromatic heterocycles. The quantitative estimate of drug-likeness (QED) is 0.435. The van der Waals surface area contributed by atoms with Gasteiger partial charge in [0.15, 0.2) is 21.3 Å².